The predicted octanol–water partition coefficient (Wildman–Crippen LogP) is 2.12. The van der Waals surface area contributed by atoms with Crippen LogP contribution in [0.15, 0.2) is 24.3 Å². The van der Waals surface area contributed by atoms with Crippen LogP contribution in [-0.4, -0.2) is 29.2 Å². The van der Waals surface area contributed by atoms with Crippen LogP contribution in [0.5, 0.6) is 0 Å². The first kappa shape index (κ1) is 10.7. The SMILES string of the molecule is Cc1cccc(C(C)N2CCC(O)C2)c1. The number of aliphatic hydroxyl groups excluding tert-OH is 1. The molecule has 2 nitrogen and oxygen atoms in total. The van der Waals surface area contributed by atoms with Crippen LogP contribution >= 0.6 is 0 Å². The molecule has 15 heavy (non-hydrogen) atoms. The van der Waals surface area contributed by atoms with Crippen molar-refractivity contribution in [3.8, 4) is 0 Å². The van der Waals surface area contributed by atoms with E-state index >= 15 is 0 Å². The van der Waals surface area contributed by atoms with Crippen LogP contribution in [0, 0.1) is 6.92 Å². The van der Waals surface area contributed by atoms with Crippen LogP contribution in [0.3, 0.4) is 0 Å². The van der Waals surface area contributed by atoms with Crippen molar-refractivity contribution in [3.63, 3.8) is 0 Å². The lowest BCUT2D eigenvalue weighted by Gasteiger charge is -2.24. The quantitative estimate of drug-likeness (QED) is 0.799. The summed E-state index contributed by atoms with van der Waals surface area (Å²) < 4.78 is 0. The van der Waals surface area contributed by atoms with Crippen LogP contribution in [0.4, 0.5) is 0 Å². The third kappa shape index (κ3) is 2.39. The Morgan fingerprint density at radius 3 is 2.87 bits per heavy atom. The minimum absolute atomic E-state index is 0.128. The van der Waals surface area contributed by atoms with E-state index in [1.54, 1.807) is 0 Å². The lowest BCUT2D eigenvalue weighted by atomic mass is 10.1. The topological polar surface area (TPSA) is 23.5 Å². The van der Waals surface area contributed by atoms with E-state index in [0.717, 1.165) is 19.5 Å². The number of benzene rings is 1. The molecule has 0 aliphatic carbocycles. The van der Waals surface area contributed by atoms with E-state index in [1.807, 2.05) is 0 Å². The van der Waals surface area contributed by atoms with E-state index in [2.05, 4.69) is 43.0 Å². The third-order valence-electron chi connectivity index (χ3n) is 3.27. The van der Waals surface area contributed by atoms with Crippen LogP contribution < -0.4 is 0 Å². The standard InChI is InChI=1S/C13H19NO/c1-10-4-3-5-12(8-10)11(2)14-7-6-13(15)9-14/h3-5,8,11,13,15H,6-7,9H2,1-2H3. The van der Waals surface area contributed by atoms with Gasteiger partial charge in [0, 0.05) is 19.1 Å². The molecule has 1 aromatic rings. The molecule has 0 radical (unpaired) electrons. The van der Waals surface area contributed by atoms with Gasteiger partial charge in [0.15, 0.2) is 0 Å². The molecular weight excluding hydrogens is 186 g/mol. The van der Waals surface area contributed by atoms with Gasteiger partial charge in [0.25, 0.3) is 0 Å². The molecule has 0 bridgehead atoms. The van der Waals surface area contributed by atoms with Gasteiger partial charge >= 0.3 is 0 Å². The smallest absolute Gasteiger partial charge is 0.0679 e. The van der Waals surface area contributed by atoms with Crippen LogP contribution in [0.1, 0.15) is 30.5 Å². The number of hydrogen-bond acceptors (Lipinski definition) is 2. The number of rotatable bonds is 2. The minimum Gasteiger partial charge on any atom is -0.392 e. The van der Waals surface area contributed by atoms with Crippen molar-refractivity contribution in [1.29, 1.82) is 0 Å². The number of nitrogens with zero attached hydrogens (tertiary/aromatic N) is 1. The summed E-state index contributed by atoms with van der Waals surface area (Å²) in [6.07, 6.45) is 0.785. The molecule has 1 aliphatic heterocycles. The van der Waals surface area contributed by atoms with Gasteiger partial charge in [-0.2, -0.15) is 0 Å². The lowest BCUT2D eigenvalue weighted by molar-refractivity contribution is 0.163. The van der Waals surface area contributed by atoms with Gasteiger partial charge in [0.05, 0.1) is 6.10 Å². The Kier molecular flexibility index (Phi) is 3.08. The molecule has 0 spiro atoms. The molecule has 1 aromatic carbocycles. The molecule has 82 valence electrons. The molecule has 1 saturated heterocycles. The average Bonchev–Trinajstić information content (AvgIpc) is 2.64. The zero-order valence-electron chi connectivity index (χ0n) is 9.48. The Morgan fingerprint density at radius 2 is 2.27 bits per heavy atom. The first-order valence-corrected chi connectivity index (χ1v) is 5.65. The Bertz CT molecular complexity index is 337. The Hall–Kier alpha value is -0.860. The van der Waals surface area contributed by atoms with E-state index < -0.39 is 0 Å². The van der Waals surface area contributed by atoms with E-state index in [4.69, 9.17) is 0 Å². The van der Waals surface area contributed by atoms with Crippen molar-refractivity contribution in [2.75, 3.05) is 13.1 Å². The van der Waals surface area contributed by atoms with Crippen LogP contribution in [-0.2, 0) is 0 Å². The summed E-state index contributed by atoms with van der Waals surface area (Å²) in [4.78, 5) is 2.35. The molecule has 1 heterocycles. The summed E-state index contributed by atoms with van der Waals surface area (Å²) in [6, 6.07) is 9.04. The average molecular weight is 205 g/mol. The highest BCUT2D eigenvalue weighted by Crippen LogP contribution is 2.24. The number of likely N-dealkylation sites (tertiary alicyclic amines) is 1. The highest BCUT2D eigenvalue weighted by molar-refractivity contribution is 5.24. The van der Waals surface area contributed by atoms with Crippen LogP contribution in [0.25, 0.3) is 0 Å². The number of aliphatic hydroxyl groups is 1. The molecule has 1 fully saturated rings. The van der Waals surface area contributed by atoms with Crippen molar-refractivity contribution < 1.29 is 5.11 Å². The maximum absolute atomic E-state index is 9.51. The fourth-order valence-corrected chi connectivity index (χ4v) is 2.26. The van der Waals surface area contributed by atoms with Crippen LogP contribution in [0.2, 0.25) is 0 Å². The predicted molar refractivity (Wildman–Crippen MR) is 61.8 cm³/mol. The fraction of sp³-hybridized carbons (Fsp3) is 0.538. The summed E-state index contributed by atoms with van der Waals surface area (Å²) in [5, 5.41) is 9.51. The summed E-state index contributed by atoms with van der Waals surface area (Å²) in [7, 11) is 0. The van der Waals surface area contributed by atoms with Gasteiger partial charge < -0.3 is 5.11 Å². The summed E-state index contributed by atoms with van der Waals surface area (Å²) >= 11 is 0. The highest BCUT2D eigenvalue weighted by Gasteiger charge is 2.24. The van der Waals surface area contributed by atoms with Gasteiger partial charge in [-0.15, -0.1) is 0 Å². The first-order valence-electron chi connectivity index (χ1n) is 5.65. The number of aryl methyl sites for hydroxylation is 1. The fourth-order valence-electron chi connectivity index (χ4n) is 2.26. The summed E-state index contributed by atoms with van der Waals surface area (Å²) in [5.74, 6) is 0. The van der Waals surface area contributed by atoms with Gasteiger partial charge in [-0.25, -0.2) is 0 Å². The molecule has 1 aliphatic rings. The van der Waals surface area contributed by atoms with E-state index in [0.29, 0.717) is 6.04 Å². The van der Waals surface area contributed by atoms with Crippen molar-refractivity contribution in [1.82, 2.24) is 4.90 Å². The van der Waals surface area contributed by atoms with Crippen molar-refractivity contribution in [2.45, 2.75) is 32.4 Å². The molecule has 2 unspecified atom stereocenters. The van der Waals surface area contributed by atoms with E-state index in [-0.39, 0.29) is 6.10 Å². The first-order chi connectivity index (χ1) is 7.16. The summed E-state index contributed by atoms with van der Waals surface area (Å²) in [5.41, 5.74) is 2.66. The second-order valence-corrected chi connectivity index (χ2v) is 4.53. The highest BCUT2D eigenvalue weighted by atomic mass is 16.3. The zero-order chi connectivity index (χ0) is 10.8. The molecule has 0 saturated carbocycles. The van der Waals surface area contributed by atoms with E-state index in [9.17, 15) is 5.11 Å². The normalized spacial score (nSPS) is 24.3. The second-order valence-electron chi connectivity index (χ2n) is 4.53. The maximum Gasteiger partial charge on any atom is 0.0679 e. The molecular formula is C13H19NO. The van der Waals surface area contributed by atoms with E-state index in [1.165, 1.54) is 11.1 Å². The molecule has 0 aromatic heterocycles. The second kappa shape index (κ2) is 4.33. The lowest BCUT2D eigenvalue weighted by Crippen LogP contribution is -2.25. The molecule has 0 amide bonds. The summed E-state index contributed by atoms with van der Waals surface area (Å²) in [6.45, 7) is 6.16. The minimum atomic E-state index is -0.128. The zero-order valence-corrected chi connectivity index (χ0v) is 9.48. The molecule has 1 N–H and O–H groups in total. The number of hydrogen-bond donors (Lipinski definition) is 1. The Labute approximate surface area is 91.5 Å². The maximum atomic E-state index is 9.51. The Balaban J connectivity index is 2.10. The number of β-amino-alcohol motifs (C(OH)–C–C–N with tert-alkyl or cyclic N) is 1. The van der Waals surface area contributed by atoms with Crippen molar-refractivity contribution in [3.05, 3.63) is 35.4 Å². The molecule has 2 heteroatoms. The molecule has 2 atom stereocenters. The van der Waals surface area contributed by atoms with Gasteiger partial charge in [0.1, 0.15) is 0 Å². The van der Waals surface area contributed by atoms with Gasteiger partial charge in [-0.1, -0.05) is 29.8 Å². The van der Waals surface area contributed by atoms with Gasteiger partial charge in [0.2, 0.25) is 0 Å². The largest absolute Gasteiger partial charge is 0.392 e. The third-order valence-corrected chi connectivity index (χ3v) is 3.27. The Morgan fingerprint density at radius 1 is 1.47 bits per heavy atom. The monoisotopic (exact) mass is 205 g/mol. The van der Waals surface area contributed by atoms with Gasteiger partial charge in [-0.3, -0.25) is 4.90 Å². The molecule has 2 rings (SSSR count). The van der Waals surface area contributed by atoms with Crippen molar-refractivity contribution >= 4 is 0 Å². The van der Waals surface area contributed by atoms with Crippen molar-refractivity contribution in [2.24, 2.45) is 0 Å². The van der Waals surface area contributed by atoms with Gasteiger partial charge in [-0.05, 0) is 25.8 Å².